The fourth-order valence-electron chi connectivity index (χ4n) is 2.41. The lowest BCUT2D eigenvalue weighted by molar-refractivity contribution is -0.130. The summed E-state index contributed by atoms with van der Waals surface area (Å²) in [6, 6.07) is 12.5. The first-order valence-corrected chi connectivity index (χ1v) is 7.75. The number of benzene rings is 2. The smallest absolute Gasteiger partial charge is 0.336 e. The molecule has 0 atom stereocenters. The summed E-state index contributed by atoms with van der Waals surface area (Å²) in [5, 5.41) is 9.58. The summed E-state index contributed by atoms with van der Waals surface area (Å²) in [7, 11) is 0. The van der Waals surface area contributed by atoms with E-state index < -0.39 is 5.97 Å². The third-order valence-electron chi connectivity index (χ3n) is 3.56. The molecule has 0 saturated heterocycles. The Morgan fingerprint density at radius 3 is 2.83 bits per heavy atom. The summed E-state index contributed by atoms with van der Waals surface area (Å²) in [5.41, 5.74) is 1.51. The van der Waals surface area contributed by atoms with Crippen molar-refractivity contribution in [3.8, 4) is 17.2 Å². The second-order valence-corrected chi connectivity index (χ2v) is 5.35. The molecular weight excluding hydrogens is 308 g/mol. The Morgan fingerprint density at radius 2 is 2.04 bits per heavy atom. The van der Waals surface area contributed by atoms with Crippen LogP contribution in [0.5, 0.6) is 17.2 Å². The molecule has 2 aromatic carbocycles. The zero-order chi connectivity index (χ0) is 16.9. The largest absolute Gasteiger partial charge is 0.494 e. The zero-order valence-electron chi connectivity index (χ0n) is 13.3. The van der Waals surface area contributed by atoms with E-state index in [2.05, 4.69) is 0 Å². The molecule has 0 unspecified atom stereocenters. The van der Waals surface area contributed by atoms with E-state index in [9.17, 15) is 9.90 Å². The van der Waals surface area contributed by atoms with Gasteiger partial charge in [0.05, 0.1) is 12.2 Å². The number of aliphatic carboxylic acids is 1. The number of carboxylic acids is 1. The van der Waals surface area contributed by atoms with E-state index in [1.54, 1.807) is 24.3 Å². The van der Waals surface area contributed by atoms with Gasteiger partial charge >= 0.3 is 5.97 Å². The van der Waals surface area contributed by atoms with E-state index in [4.69, 9.17) is 14.2 Å². The Hall–Kier alpha value is -2.95. The van der Waals surface area contributed by atoms with E-state index in [1.807, 2.05) is 31.2 Å². The Balaban J connectivity index is 1.93. The van der Waals surface area contributed by atoms with Crippen molar-refractivity contribution in [2.75, 3.05) is 13.4 Å². The van der Waals surface area contributed by atoms with Crippen LogP contribution in [0.15, 0.2) is 42.5 Å². The normalized spacial score (nSPS) is 13.0. The molecule has 124 valence electrons. The highest BCUT2D eigenvalue weighted by Gasteiger charge is 2.17. The summed E-state index contributed by atoms with van der Waals surface area (Å²) in [6.45, 7) is 2.81. The van der Waals surface area contributed by atoms with Crippen LogP contribution in [0.1, 0.15) is 24.5 Å². The van der Waals surface area contributed by atoms with Crippen molar-refractivity contribution in [3.63, 3.8) is 0 Å². The molecule has 0 aromatic heterocycles. The Morgan fingerprint density at radius 1 is 1.21 bits per heavy atom. The third kappa shape index (κ3) is 3.51. The summed E-state index contributed by atoms with van der Waals surface area (Å²) in [5.74, 6) is 0.896. The molecule has 0 fully saturated rings. The second-order valence-electron chi connectivity index (χ2n) is 5.35. The lowest BCUT2D eigenvalue weighted by atomic mass is 10.0. The third-order valence-corrected chi connectivity index (χ3v) is 3.56. The Bertz CT molecular complexity index is 779. The highest BCUT2D eigenvalue weighted by atomic mass is 16.7. The highest BCUT2D eigenvalue weighted by molar-refractivity contribution is 6.20. The number of carbonyl (C=O) groups is 1. The lowest BCUT2D eigenvalue weighted by Crippen LogP contribution is -2.00. The molecule has 0 aliphatic carbocycles. The fraction of sp³-hybridized carbons (Fsp3) is 0.211. The fourth-order valence-corrected chi connectivity index (χ4v) is 2.41. The van der Waals surface area contributed by atoms with Gasteiger partial charge in [0.2, 0.25) is 6.79 Å². The van der Waals surface area contributed by atoms with Gasteiger partial charge in [0, 0.05) is 0 Å². The van der Waals surface area contributed by atoms with Crippen LogP contribution >= 0.6 is 0 Å². The summed E-state index contributed by atoms with van der Waals surface area (Å²) < 4.78 is 16.2. The predicted molar refractivity (Wildman–Crippen MR) is 90.3 cm³/mol. The number of carboxylic acid groups (broad SMARTS) is 1. The molecule has 5 nitrogen and oxygen atoms in total. The molecule has 3 rings (SSSR count). The van der Waals surface area contributed by atoms with E-state index in [-0.39, 0.29) is 12.4 Å². The maximum atomic E-state index is 11.7. The van der Waals surface area contributed by atoms with Gasteiger partial charge in [0.15, 0.2) is 11.5 Å². The Kier molecular flexibility index (Phi) is 4.70. The standard InChI is InChI=1S/C19H18O5/c1-2-8-22-15-5-3-4-13(9-15)10-16(19(20)21)14-6-7-17-18(11-14)24-12-23-17/h3-7,9-11H,2,8,12H2,1H3,(H,20,21)/b16-10-. The van der Waals surface area contributed by atoms with E-state index in [0.29, 0.717) is 23.7 Å². The van der Waals surface area contributed by atoms with E-state index in [0.717, 1.165) is 17.7 Å². The molecule has 2 aromatic rings. The number of hydrogen-bond acceptors (Lipinski definition) is 4. The van der Waals surface area contributed by atoms with Crippen LogP contribution in [0, 0.1) is 0 Å². The molecule has 1 heterocycles. The van der Waals surface area contributed by atoms with Gasteiger partial charge in [-0.15, -0.1) is 0 Å². The molecule has 1 N–H and O–H groups in total. The van der Waals surface area contributed by atoms with Gasteiger partial charge in [-0.05, 0) is 47.9 Å². The number of ether oxygens (including phenoxy) is 3. The van der Waals surface area contributed by atoms with E-state index >= 15 is 0 Å². The minimum Gasteiger partial charge on any atom is -0.494 e. The van der Waals surface area contributed by atoms with Crippen molar-refractivity contribution in [2.45, 2.75) is 13.3 Å². The van der Waals surface area contributed by atoms with Gasteiger partial charge in [-0.3, -0.25) is 0 Å². The minimum atomic E-state index is -1.01. The highest BCUT2D eigenvalue weighted by Crippen LogP contribution is 2.35. The summed E-state index contributed by atoms with van der Waals surface area (Å²) in [6.07, 6.45) is 2.54. The number of hydrogen-bond donors (Lipinski definition) is 1. The minimum absolute atomic E-state index is 0.154. The van der Waals surface area contributed by atoms with Gasteiger partial charge in [-0.1, -0.05) is 25.1 Å². The quantitative estimate of drug-likeness (QED) is 0.645. The summed E-state index contributed by atoms with van der Waals surface area (Å²) in [4.78, 5) is 11.7. The van der Waals surface area contributed by atoms with Crippen LogP contribution in [0.3, 0.4) is 0 Å². The van der Waals surface area contributed by atoms with Crippen LogP contribution in [0.2, 0.25) is 0 Å². The monoisotopic (exact) mass is 326 g/mol. The average molecular weight is 326 g/mol. The van der Waals surface area contributed by atoms with Gasteiger partial charge in [0.1, 0.15) is 5.75 Å². The van der Waals surface area contributed by atoms with Crippen LogP contribution in [0.25, 0.3) is 11.6 Å². The maximum absolute atomic E-state index is 11.7. The van der Waals surface area contributed by atoms with Crippen LogP contribution in [-0.2, 0) is 4.79 Å². The first-order chi connectivity index (χ1) is 11.7. The Labute approximate surface area is 140 Å². The molecule has 0 saturated carbocycles. The van der Waals surface area contributed by atoms with Gasteiger partial charge in [0.25, 0.3) is 0 Å². The van der Waals surface area contributed by atoms with Crippen LogP contribution in [-0.4, -0.2) is 24.5 Å². The molecule has 1 aliphatic heterocycles. The van der Waals surface area contributed by atoms with Gasteiger partial charge in [-0.25, -0.2) is 4.79 Å². The van der Waals surface area contributed by atoms with Crippen molar-refractivity contribution in [1.29, 1.82) is 0 Å². The predicted octanol–water partition coefficient (Wildman–Crippen LogP) is 3.83. The van der Waals surface area contributed by atoms with Gasteiger partial charge < -0.3 is 19.3 Å². The van der Waals surface area contributed by atoms with Gasteiger partial charge in [-0.2, -0.15) is 0 Å². The SMILES string of the molecule is CCCOc1cccc(/C=C(\C(=O)O)c2ccc3c(c2)OCO3)c1. The number of rotatable bonds is 6. The van der Waals surface area contributed by atoms with Crippen LogP contribution in [0.4, 0.5) is 0 Å². The van der Waals surface area contributed by atoms with Crippen molar-refractivity contribution < 1.29 is 24.1 Å². The molecule has 24 heavy (non-hydrogen) atoms. The first kappa shape index (κ1) is 15.9. The molecule has 0 spiro atoms. The zero-order valence-corrected chi connectivity index (χ0v) is 13.3. The number of fused-ring (bicyclic) bond motifs is 1. The summed E-state index contributed by atoms with van der Waals surface area (Å²) >= 11 is 0. The van der Waals surface area contributed by atoms with Crippen molar-refractivity contribution in [1.82, 2.24) is 0 Å². The maximum Gasteiger partial charge on any atom is 0.336 e. The topological polar surface area (TPSA) is 65.0 Å². The molecule has 0 radical (unpaired) electrons. The molecule has 0 bridgehead atoms. The second kappa shape index (κ2) is 7.08. The molecule has 5 heteroatoms. The first-order valence-electron chi connectivity index (χ1n) is 7.75. The van der Waals surface area contributed by atoms with Crippen molar-refractivity contribution >= 4 is 17.6 Å². The average Bonchev–Trinajstić information content (AvgIpc) is 3.05. The molecule has 0 amide bonds. The molecular formula is C19H18O5. The lowest BCUT2D eigenvalue weighted by Gasteiger charge is -2.07. The van der Waals surface area contributed by atoms with E-state index in [1.165, 1.54) is 0 Å². The molecule has 1 aliphatic rings. The van der Waals surface area contributed by atoms with Crippen molar-refractivity contribution in [3.05, 3.63) is 53.6 Å². The van der Waals surface area contributed by atoms with Crippen molar-refractivity contribution in [2.24, 2.45) is 0 Å². The van der Waals surface area contributed by atoms with Crippen LogP contribution < -0.4 is 14.2 Å².